The van der Waals surface area contributed by atoms with Crippen LogP contribution in [0.1, 0.15) is 11.1 Å². The van der Waals surface area contributed by atoms with Gasteiger partial charge >= 0.3 is 0 Å². The van der Waals surface area contributed by atoms with E-state index < -0.39 is 0 Å². The Kier molecular flexibility index (Phi) is 6.19. The van der Waals surface area contributed by atoms with Crippen molar-refractivity contribution in [2.24, 2.45) is 5.73 Å². The Morgan fingerprint density at radius 2 is 2.04 bits per heavy atom. The predicted octanol–water partition coefficient (Wildman–Crippen LogP) is 4.12. The number of thiocarbonyl (C=S) groups is 1. The molecule has 0 spiro atoms. The standard InChI is InChI=1S/C18H15ClN2O2S/c1-22-16-9-13(7-14(10-20)18(21)24)8-15(19)17(16)23-11-12-5-3-2-4-6-12/h2-9H,11H2,1H3,(H2,21,24). The third-order valence-electron chi connectivity index (χ3n) is 3.17. The number of hydrogen-bond donors (Lipinski definition) is 1. The quantitative estimate of drug-likeness (QED) is 0.478. The summed E-state index contributed by atoms with van der Waals surface area (Å²) in [5.41, 5.74) is 7.35. The van der Waals surface area contributed by atoms with Crippen LogP contribution in [0.2, 0.25) is 5.02 Å². The summed E-state index contributed by atoms with van der Waals surface area (Å²) >= 11 is 11.1. The van der Waals surface area contributed by atoms with Crippen molar-refractivity contribution in [2.75, 3.05) is 7.11 Å². The molecule has 2 aromatic carbocycles. The molecule has 6 heteroatoms. The minimum Gasteiger partial charge on any atom is -0.493 e. The fourth-order valence-electron chi connectivity index (χ4n) is 2.02. The van der Waals surface area contributed by atoms with Crippen LogP contribution in [0.15, 0.2) is 48.0 Å². The van der Waals surface area contributed by atoms with Gasteiger partial charge in [0.15, 0.2) is 11.5 Å². The van der Waals surface area contributed by atoms with Crippen molar-refractivity contribution < 1.29 is 9.47 Å². The zero-order valence-electron chi connectivity index (χ0n) is 13.0. The maximum Gasteiger partial charge on any atom is 0.180 e. The van der Waals surface area contributed by atoms with Crippen LogP contribution in [0.25, 0.3) is 6.08 Å². The Morgan fingerprint density at radius 3 is 2.62 bits per heavy atom. The molecule has 2 N–H and O–H groups in total. The normalized spacial score (nSPS) is 10.8. The number of benzene rings is 2. The van der Waals surface area contributed by atoms with E-state index in [4.69, 9.17) is 44.3 Å². The highest BCUT2D eigenvalue weighted by Gasteiger charge is 2.12. The van der Waals surface area contributed by atoms with Crippen LogP contribution in [0.5, 0.6) is 11.5 Å². The second kappa shape index (κ2) is 8.34. The highest BCUT2D eigenvalue weighted by atomic mass is 35.5. The topological polar surface area (TPSA) is 68.3 Å². The first-order valence-electron chi connectivity index (χ1n) is 7.01. The lowest BCUT2D eigenvalue weighted by molar-refractivity contribution is 0.284. The number of nitrogens with zero attached hydrogens (tertiary/aromatic N) is 1. The number of rotatable bonds is 6. The van der Waals surface area contributed by atoms with Crippen molar-refractivity contribution in [2.45, 2.75) is 6.61 Å². The number of ether oxygens (including phenoxy) is 2. The first-order valence-corrected chi connectivity index (χ1v) is 7.79. The van der Waals surface area contributed by atoms with Gasteiger partial charge in [-0.05, 0) is 29.3 Å². The van der Waals surface area contributed by atoms with Crippen molar-refractivity contribution in [3.05, 3.63) is 64.2 Å². The molecule has 0 aromatic heterocycles. The van der Waals surface area contributed by atoms with Crippen molar-refractivity contribution in [1.29, 1.82) is 5.26 Å². The van der Waals surface area contributed by atoms with Gasteiger partial charge in [-0.1, -0.05) is 54.2 Å². The minimum atomic E-state index is 0.0250. The van der Waals surface area contributed by atoms with Gasteiger partial charge in [0.25, 0.3) is 0 Å². The molecule has 0 radical (unpaired) electrons. The van der Waals surface area contributed by atoms with Gasteiger partial charge in [0.05, 0.1) is 17.7 Å². The molecule has 2 rings (SSSR count). The van der Waals surface area contributed by atoms with E-state index in [1.54, 1.807) is 18.2 Å². The molecule has 122 valence electrons. The van der Waals surface area contributed by atoms with E-state index in [9.17, 15) is 0 Å². The number of methoxy groups -OCH3 is 1. The molecule has 0 atom stereocenters. The zero-order chi connectivity index (χ0) is 17.5. The predicted molar refractivity (Wildman–Crippen MR) is 99.2 cm³/mol. The van der Waals surface area contributed by atoms with Crippen LogP contribution in [0.3, 0.4) is 0 Å². The molecular weight excluding hydrogens is 344 g/mol. The fraction of sp³-hybridized carbons (Fsp3) is 0.111. The SMILES string of the molecule is COc1cc(C=C(C#N)C(N)=S)cc(Cl)c1OCc1ccccc1. The number of nitriles is 1. The molecule has 24 heavy (non-hydrogen) atoms. The van der Waals surface area contributed by atoms with Crippen molar-refractivity contribution in [1.82, 2.24) is 0 Å². The lowest BCUT2D eigenvalue weighted by Gasteiger charge is -2.13. The van der Waals surface area contributed by atoms with Crippen LogP contribution < -0.4 is 15.2 Å². The first kappa shape index (κ1) is 17.8. The van der Waals surface area contributed by atoms with Gasteiger partial charge in [0, 0.05) is 0 Å². The van der Waals surface area contributed by atoms with Crippen LogP contribution >= 0.6 is 23.8 Å². The average Bonchev–Trinajstić information content (AvgIpc) is 2.58. The Bertz CT molecular complexity index is 814. The molecule has 0 saturated carbocycles. The second-order valence-corrected chi connectivity index (χ2v) is 5.69. The molecule has 0 bridgehead atoms. The van der Waals surface area contributed by atoms with Gasteiger partial charge in [-0.25, -0.2) is 0 Å². The van der Waals surface area contributed by atoms with Crippen molar-refractivity contribution >= 4 is 34.9 Å². The molecule has 2 aromatic rings. The van der Waals surface area contributed by atoms with Crippen molar-refractivity contribution in [3.63, 3.8) is 0 Å². The van der Waals surface area contributed by atoms with E-state index in [0.717, 1.165) is 5.56 Å². The van der Waals surface area contributed by atoms with Gasteiger partial charge in [0.2, 0.25) is 0 Å². The maximum atomic E-state index is 9.04. The highest BCUT2D eigenvalue weighted by molar-refractivity contribution is 7.80. The molecule has 4 nitrogen and oxygen atoms in total. The number of nitrogens with two attached hydrogens (primary N) is 1. The van der Waals surface area contributed by atoms with Gasteiger partial charge in [0.1, 0.15) is 17.7 Å². The third-order valence-corrected chi connectivity index (χ3v) is 3.68. The number of hydrogen-bond acceptors (Lipinski definition) is 4. The summed E-state index contributed by atoms with van der Waals surface area (Å²) in [6.07, 6.45) is 1.55. The summed E-state index contributed by atoms with van der Waals surface area (Å²) in [4.78, 5) is 0.0250. The van der Waals surface area contributed by atoms with Crippen LogP contribution in [0.4, 0.5) is 0 Å². The van der Waals surface area contributed by atoms with Gasteiger partial charge in [-0.15, -0.1) is 0 Å². The summed E-state index contributed by atoms with van der Waals surface area (Å²) in [7, 11) is 1.52. The van der Waals surface area contributed by atoms with Gasteiger partial charge in [-0.3, -0.25) is 0 Å². The zero-order valence-corrected chi connectivity index (χ0v) is 14.5. The van der Waals surface area contributed by atoms with Crippen molar-refractivity contribution in [3.8, 4) is 17.6 Å². The molecule has 0 saturated heterocycles. The Labute approximate surface area is 151 Å². The molecule has 0 amide bonds. The van der Waals surface area contributed by atoms with Gasteiger partial charge in [-0.2, -0.15) is 5.26 Å². The summed E-state index contributed by atoms with van der Waals surface area (Å²) < 4.78 is 11.1. The Hall–Kier alpha value is -2.55. The van der Waals surface area contributed by atoms with Gasteiger partial charge < -0.3 is 15.2 Å². The van der Waals surface area contributed by atoms with E-state index in [-0.39, 0.29) is 10.6 Å². The average molecular weight is 359 g/mol. The maximum absolute atomic E-state index is 9.04. The lowest BCUT2D eigenvalue weighted by Crippen LogP contribution is -2.09. The van der Waals surface area contributed by atoms with Crippen LogP contribution in [-0.2, 0) is 6.61 Å². The lowest BCUT2D eigenvalue weighted by atomic mass is 10.1. The molecule has 0 aliphatic heterocycles. The van der Waals surface area contributed by atoms with E-state index in [0.29, 0.717) is 28.7 Å². The third kappa shape index (κ3) is 4.48. The second-order valence-electron chi connectivity index (χ2n) is 4.84. The molecular formula is C18H15ClN2O2S. The molecule has 0 heterocycles. The van der Waals surface area contributed by atoms with E-state index in [1.165, 1.54) is 7.11 Å². The van der Waals surface area contributed by atoms with E-state index >= 15 is 0 Å². The summed E-state index contributed by atoms with van der Waals surface area (Å²) in [5.74, 6) is 0.902. The molecule has 0 aliphatic carbocycles. The van der Waals surface area contributed by atoms with Crippen LogP contribution in [0, 0.1) is 11.3 Å². The molecule has 0 unspecified atom stereocenters. The summed E-state index contributed by atoms with van der Waals surface area (Å²) in [6, 6.07) is 15.0. The van der Waals surface area contributed by atoms with E-state index in [2.05, 4.69) is 0 Å². The largest absolute Gasteiger partial charge is 0.493 e. The van der Waals surface area contributed by atoms with E-state index in [1.807, 2.05) is 36.4 Å². The Balaban J connectivity index is 2.31. The first-order chi connectivity index (χ1) is 11.5. The minimum absolute atomic E-state index is 0.0250. The molecule has 0 aliphatic rings. The smallest absolute Gasteiger partial charge is 0.180 e. The number of halogens is 1. The molecule has 0 fully saturated rings. The van der Waals surface area contributed by atoms with Crippen LogP contribution in [-0.4, -0.2) is 12.1 Å². The monoisotopic (exact) mass is 358 g/mol. The highest BCUT2D eigenvalue weighted by Crippen LogP contribution is 2.37. The fourth-order valence-corrected chi connectivity index (χ4v) is 2.40. The summed E-state index contributed by atoms with van der Waals surface area (Å²) in [5, 5.41) is 9.42. The summed E-state index contributed by atoms with van der Waals surface area (Å²) in [6.45, 7) is 0.364. The Morgan fingerprint density at radius 1 is 1.33 bits per heavy atom.